The van der Waals surface area contributed by atoms with Crippen LogP contribution >= 0.6 is 0 Å². The van der Waals surface area contributed by atoms with E-state index in [0.717, 1.165) is 38.4 Å². The molecule has 1 rings (SSSR count). The van der Waals surface area contributed by atoms with Crippen LogP contribution in [0.1, 0.15) is 26.7 Å². The largest absolute Gasteiger partial charge is 0.481 e. The molecule has 13 heavy (non-hydrogen) atoms. The lowest BCUT2D eigenvalue weighted by atomic mass is 9.97. The average Bonchev–Trinajstić information content (AvgIpc) is 2.00. The van der Waals surface area contributed by atoms with Crippen LogP contribution < -0.4 is 0 Å². The number of rotatable bonds is 5. The molecule has 1 N–H and O–H groups in total. The van der Waals surface area contributed by atoms with E-state index in [0.29, 0.717) is 0 Å². The molecule has 0 bridgehead atoms. The van der Waals surface area contributed by atoms with Crippen molar-refractivity contribution in [2.45, 2.75) is 26.7 Å². The van der Waals surface area contributed by atoms with Crippen molar-refractivity contribution in [3.05, 3.63) is 0 Å². The van der Waals surface area contributed by atoms with Crippen LogP contribution in [0.4, 0.5) is 0 Å². The van der Waals surface area contributed by atoms with Crippen LogP contribution in [0.5, 0.6) is 0 Å². The van der Waals surface area contributed by atoms with E-state index < -0.39 is 5.97 Å². The van der Waals surface area contributed by atoms with Gasteiger partial charge in [0.1, 0.15) is 0 Å². The number of carboxylic acids is 1. The number of hydrogen-bond donors (Lipinski definition) is 1. The molecular formula is C10H19NO2. The lowest BCUT2D eigenvalue weighted by Gasteiger charge is -2.38. The van der Waals surface area contributed by atoms with E-state index in [9.17, 15) is 4.79 Å². The van der Waals surface area contributed by atoms with E-state index in [-0.39, 0.29) is 5.92 Å². The SMILES string of the molecule is CCCC(CN1CC(C)C1)C(=O)O. The van der Waals surface area contributed by atoms with Crippen molar-refractivity contribution < 1.29 is 9.90 Å². The van der Waals surface area contributed by atoms with Gasteiger partial charge in [0.25, 0.3) is 0 Å². The maximum absolute atomic E-state index is 10.8. The Morgan fingerprint density at radius 3 is 2.62 bits per heavy atom. The fourth-order valence-corrected chi connectivity index (χ4v) is 1.93. The highest BCUT2D eigenvalue weighted by molar-refractivity contribution is 5.70. The maximum atomic E-state index is 10.8. The van der Waals surface area contributed by atoms with Gasteiger partial charge in [-0.05, 0) is 12.3 Å². The monoisotopic (exact) mass is 185 g/mol. The molecule has 1 unspecified atom stereocenters. The highest BCUT2D eigenvalue weighted by Gasteiger charge is 2.27. The third-order valence-electron chi connectivity index (χ3n) is 2.60. The van der Waals surface area contributed by atoms with Gasteiger partial charge in [-0.1, -0.05) is 20.3 Å². The van der Waals surface area contributed by atoms with Crippen molar-refractivity contribution in [3.8, 4) is 0 Å². The Morgan fingerprint density at radius 2 is 2.23 bits per heavy atom. The van der Waals surface area contributed by atoms with Crippen LogP contribution in [0.25, 0.3) is 0 Å². The third kappa shape index (κ3) is 2.99. The summed E-state index contributed by atoms with van der Waals surface area (Å²) in [6, 6.07) is 0. The summed E-state index contributed by atoms with van der Waals surface area (Å²) in [5.74, 6) is -0.0324. The summed E-state index contributed by atoms with van der Waals surface area (Å²) < 4.78 is 0. The third-order valence-corrected chi connectivity index (χ3v) is 2.60. The van der Waals surface area contributed by atoms with Crippen LogP contribution in [0.2, 0.25) is 0 Å². The quantitative estimate of drug-likeness (QED) is 0.704. The van der Waals surface area contributed by atoms with Gasteiger partial charge in [0.15, 0.2) is 0 Å². The predicted molar refractivity (Wildman–Crippen MR) is 51.6 cm³/mol. The number of carboxylic acid groups (broad SMARTS) is 1. The van der Waals surface area contributed by atoms with Gasteiger partial charge < -0.3 is 10.0 Å². The topological polar surface area (TPSA) is 40.5 Å². The summed E-state index contributed by atoms with van der Waals surface area (Å²) in [5, 5.41) is 8.91. The van der Waals surface area contributed by atoms with E-state index in [1.165, 1.54) is 0 Å². The van der Waals surface area contributed by atoms with Gasteiger partial charge in [-0.3, -0.25) is 4.79 Å². The molecular weight excluding hydrogens is 166 g/mol. The van der Waals surface area contributed by atoms with Gasteiger partial charge in [0.2, 0.25) is 0 Å². The first-order chi connectivity index (χ1) is 6.13. The molecule has 0 amide bonds. The van der Waals surface area contributed by atoms with Crippen molar-refractivity contribution in [3.63, 3.8) is 0 Å². The molecule has 1 saturated heterocycles. The summed E-state index contributed by atoms with van der Waals surface area (Å²) in [7, 11) is 0. The van der Waals surface area contributed by atoms with Gasteiger partial charge in [-0.15, -0.1) is 0 Å². The summed E-state index contributed by atoms with van der Waals surface area (Å²) >= 11 is 0. The van der Waals surface area contributed by atoms with Crippen LogP contribution in [0, 0.1) is 11.8 Å². The Labute approximate surface area is 79.7 Å². The second-order valence-electron chi connectivity index (χ2n) is 4.15. The zero-order chi connectivity index (χ0) is 9.84. The van der Waals surface area contributed by atoms with E-state index >= 15 is 0 Å². The number of hydrogen-bond acceptors (Lipinski definition) is 2. The lowest BCUT2D eigenvalue weighted by molar-refractivity contribution is -0.143. The van der Waals surface area contributed by atoms with Gasteiger partial charge in [0.05, 0.1) is 5.92 Å². The molecule has 1 aliphatic heterocycles. The molecule has 76 valence electrons. The lowest BCUT2D eigenvalue weighted by Crippen LogP contribution is -2.48. The first kappa shape index (κ1) is 10.5. The summed E-state index contributed by atoms with van der Waals surface area (Å²) in [4.78, 5) is 13.1. The van der Waals surface area contributed by atoms with Crippen LogP contribution in [-0.4, -0.2) is 35.6 Å². The maximum Gasteiger partial charge on any atom is 0.307 e. The molecule has 1 aliphatic rings. The highest BCUT2D eigenvalue weighted by Crippen LogP contribution is 2.18. The van der Waals surface area contributed by atoms with Gasteiger partial charge >= 0.3 is 5.97 Å². The molecule has 0 aromatic rings. The Morgan fingerprint density at radius 1 is 1.62 bits per heavy atom. The van der Waals surface area contributed by atoms with Crippen molar-refractivity contribution in [2.24, 2.45) is 11.8 Å². The fourth-order valence-electron chi connectivity index (χ4n) is 1.93. The van der Waals surface area contributed by atoms with Crippen molar-refractivity contribution in [2.75, 3.05) is 19.6 Å². The average molecular weight is 185 g/mol. The second-order valence-corrected chi connectivity index (χ2v) is 4.15. The molecule has 1 fully saturated rings. The molecule has 3 nitrogen and oxygen atoms in total. The van der Waals surface area contributed by atoms with E-state index in [1.807, 2.05) is 6.92 Å². The van der Waals surface area contributed by atoms with Crippen molar-refractivity contribution >= 4 is 5.97 Å². The van der Waals surface area contributed by atoms with Crippen molar-refractivity contribution in [1.82, 2.24) is 4.90 Å². The Kier molecular flexibility index (Phi) is 3.72. The predicted octanol–water partition coefficient (Wildman–Crippen LogP) is 1.44. The number of likely N-dealkylation sites (tertiary alicyclic amines) is 1. The Hall–Kier alpha value is -0.570. The van der Waals surface area contributed by atoms with E-state index in [2.05, 4.69) is 11.8 Å². The van der Waals surface area contributed by atoms with Crippen LogP contribution in [-0.2, 0) is 4.79 Å². The minimum atomic E-state index is -0.638. The minimum Gasteiger partial charge on any atom is -0.481 e. The van der Waals surface area contributed by atoms with Gasteiger partial charge in [0, 0.05) is 19.6 Å². The number of carbonyl (C=O) groups is 1. The molecule has 1 heterocycles. The summed E-state index contributed by atoms with van der Waals surface area (Å²) in [5.41, 5.74) is 0. The number of aliphatic carboxylic acids is 1. The molecule has 1 atom stereocenters. The van der Waals surface area contributed by atoms with Crippen LogP contribution in [0.3, 0.4) is 0 Å². The molecule has 0 aromatic heterocycles. The van der Waals surface area contributed by atoms with Crippen molar-refractivity contribution in [1.29, 1.82) is 0 Å². The highest BCUT2D eigenvalue weighted by atomic mass is 16.4. The summed E-state index contributed by atoms with van der Waals surface area (Å²) in [6.07, 6.45) is 1.76. The zero-order valence-electron chi connectivity index (χ0n) is 8.49. The zero-order valence-corrected chi connectivity index (χ0v) is 8.49. The molecule has 0 radical (unpaired) electrons. The Balaban J connectivity index is 2.26. The molecule has 0 spiro atoms. The minimum absolute atomic E-state index is 0.155. The second kappa shape index (κ2) is 4.61. The standard InChI is InChI=1S/C10H19NO2/c1-3-4-9(10(12)13)7-11-5-8(2)6-11/h8-9H,3-7H2,1-2H3,(H,12,13). The van der Waals surface area contributed by atoms with E-state index in [1.54, 1.807) is 0 Å². The first-order valence-electron chi connectivity index (χ1n) is 5.08. The van der Waals surface area contributed by atoms with Gasteiger partial charge in [-0.25, -0.2) is 0 Å². The fraction of sp³-hybridized carbons (Fsp3) is 0.900. The molecule has 3 heteroatoms. The first-order valence-corrected chi connectivity index (χ1v) is 5.08. The molecule has 0 saturated carbocycles. The molecule has 0 aromatic carbocycles. The normalized spacial score (nSPS) is 21.1. The summed E-state index contributed by atoms with van der Waals surface area (Å²) in [6.45, 7) is 7.13. The smallest absolute Gasteiger partial charge is 0.307 e. The van der Waals surface area contributed by atoms with Crippen LogP contribution in [0.15, 0.2) is 0 Å². The Bertz CT molecular complexity index is 176. The van der Waals surface area contributed by atoms with Gasteiger partial charge in [-0.2, -0.15) is 0 Å². The van der Waals surface area contributed by atoms with E-state index in [4.69, 9.17) is 5.11 Å². The molecule has 0 aliphatic carbocycles. The number of nitrogens with zero attached hydrogens (tertiary/aromatic N) is 1.